The summed E-state index contributed by atoms with van der Waals surface area (Å²) in [7, 11) is 0. The third-order valence-electron chi connectivity index (χ3n) is 6.35. The second-order valence-electron chi connectivity index (χ2n) is 8.63. The fourth-order valence-electron chi connectivity index (χ4n) is 4.65. The van der Waals surface area contributed by atoms with Gasteiger partial charge in [-0.3, -0.25) is 4.79 Å². The Kier molecular flexibility index (Phi) is 7.01. The Labute approximate surface area is 167 Å². The lowest BCUT2D eigenvalue weighted by molar-refractivity contribution is -0.129. The summed E-state index contributed by atoms with van der Waals surface area (Å²) < 4.78 is 0. The minimum Gasteiger partial charge on any atom is -0.396 e. The number of likely N-dealkylation sites (tertiary alicyclic amines) is 1. The van der Waals surface area contributed by atoms with Crippen molar-refractivity contribution in [1.29, 1.82) is 0 Å². The van der Waals surface area contributed by atoms with E-state index in [0.29, 0.717) is 18.9 Å². The summed E-state index contributed by atoms with van der Waals surface area (Å²) in [5.74, 6) is 1.21. The van der Waals surface area contributed by atoms with Crippen molar-refractivity contribution in [2.75, 3.05) is 19.7 Å². The SMILES string of the molecule is CC(=O)N1CCC(N[C@@H]2C[C@@H](O)[C@H](CO)[C@H]2Cc2ccnc(C(C)C)n2)CC1. The summed E-state index contributed by atoms with van der Waals surface area (Å²) >= 11 is 0. The summed E-state index contributed by atoms with van der Waals surface area (Å²) in [4.78, 5) is 22.5. The van der Waals surface area contributed by atoms with Gasteiger partial charge in [0, 0.05) is 62.4 Å². The van der Waals surface area contributed by atoms with Crippen LogP contribution in [-0.4, -0.2) is 68.9 Å². The molecule has 7 heteroatoms. The van der Waals surface area contributed by atoms with Crippen LogP contribution in [0, 0.1) is 11.8 Å². The van der Waals surface area contributed by atoms with Crippen LogP contribution in [-0.2, 0) is 11.2 Å². The molecule has 0 spiro atoms. The van der Waals surface area contributed by atoms with Crippen molar-refractivity contribution in [2.24, 2.45) is 11.8 Å². The number of nitrogens with one attached hydrogen (secondary N) is 1. The molecule has 7 nitrogen and oxygen atoms in total. The van der Waals surface area contributed by atoms with Gasteiger partial charge in [0.1, 0.15) is 5.82 Å². The molecular formula is C21H34N4O3. The molecule has 1 amide bonds. The summed E-state index contributed by atoms with van der Waals surface area (Å²) in [5, 5.41) is 24.1. The summed E-state index contributed by atoms with van der Waals surface area (Å²) in [6.07, 6.45) is 4.51. The fraction of sp³-hybridized carbons (Fsp3) is 0.762. The third kappa shape index (κ3) is 4.88. The molecule has 2 aliphatic rings. The monoisotopic (exact) mass is 390 g/mol. The first-order valence-corrected chi connectivity index (χ1v) is 10.5. The maximum absolute atomic E-state index is 11.5. The lowest BCUT2D eigenvalue weighted by Crippen LogP contribution is -2.49. The number of hydrogen-bond acceptors (Lipinski definition) is 6. The zero-order chi connectivity index (χ0) is 20.3. The van der Waals surface area contributed by atoms with Gasteiger partial charge in [0.05, 0.1) is 6.10 Å². The quantitative estimate of drug-likeness (QED) is 0.673. The molecular weight excluding hydrogens is 356 g/mol. The molecule has 0 bridgehead atoms. The Bertz CT molecular complexity index is 661. The Morgan fingerprint density at radius 2 is 2.04 bits per heavy atom. The molecule has 1 aromatic rings. The molecule has 1 aliphatic carbocycles. The normalized spacial score (nSPS) is 28.9. The van der Waals surface area contributed by atoms with Gasteiger partial charge in [-0.1, -0.05) is 13.8 Å². The first-order valence-electron chi connectivity index (χ1n) is 10.5. The number of amides is 1. The van der Waals surface area contributed by atoms with Crippen molar-refractivity contribution in [3.05, 3.63) is 23.8 Å². The smallest absolute Gasteiger partial charge is 0.219 e. The number of carbonyl (C=O) groups excluding carboxylic acids is 1. The first kappa shape index (κ1) is 21.1. The first-order chi connectivity index (χ1) is 13.4. The molecule has 28 heavy (non-hydrogen) atoms. The molecule has 156 valence electrons. The van der Waals surface area contributed by atoms with Gasteiger partial charge >= 0.3 is 0 Å². The van der Waals surface area contributed by atoms with Gasteiger partial charge in [-0.2, -0.15) is 0 Å². The largest absolute Gasteiger partial charge is 0.396 e. The van der Waals surface area contributed by atoms with Gasteiger partial charge in [0.15, 0.2) is 0 Å². The fourth-order valence-corrected chi connectivity index (χ4v) is 4.65. The number of carbonyl (C=O) groups is 1. The van der Waals surface area contributed by atoms with Crippen molar-refractivity contribution in [2.45, 2.75) is 70.6 Å². The number of aromatic nitrogens is 2. The van der Waals surface area contributed by atoms with E-state index in [4.69, 9.17) is 4.98 Å². The lowest BCUT2D eigenvalue weighted by Gasteiger charge is -2.35. The second kappa shape index (κ2) is 9.29. The van der Waals surface area contributed by atoms with Crippen LogP contribution >= 0.6 is 0 Å². The molecule has 1 aliphatic heterocycles. The number of hydrogen-bond donors (Lipinski definition) is 3. The Balaban J connectivity index is 1.68. The minimum absolute atomic E-state index is 0.0189. The molecule has 4 atom stereocenters. The molecule has 2 heterocycles. The van der Waals surface area contributed by atoms with Crippen molar-refractivity contribution < 1.29 is 15.0 Å². The van der Waals surface area contributed by atoms with Crippen molar-refractivity contribution in [3.8, 4) is 0 Å². The summed E-state index contributed by atoms with van der Waals surface area (Å²) in [5.41, 5.74) is 0.967. The molecule has 1 saturated heterocycles. The van der Waals surface area contributed by atoms with Crippen LogP contribution in [0.15, 0.2) is 12.3 Å². The van der Waals surface area contributed by atoms with E-state index in [1.54, 1.807) is 13.1 Å². The zero-order valence-corrected chi connectivity index (χ0v) is 17.2. The lowest BCUT2D eigenvalue weighted by atomic mass is 9.88. The number of piperidine rings is 1. The molecule has 0 radical (unpaired) electrons. The topological polar surface area (TPSA) is 98.6 Å². The van der Waals surface area contributed by atoms with Crippen LogP contribution in [0.2, 0.25) is 0 Å². The van der Waals surface area contributed by atoms with Gasteiger partial charge in [-0.15, -0.1) is 0 Å². The van der Waals surface area contributed by atoms with Crippen LogP contribution in [0.3, 0.4) is 0 Å². The molecule has 2 fully saturated rings. The maximum Gasteiger partial charge on any atom is 0.219 e. The maximum atomic E-state index is 11.5. The number of rotatable bonds is 6. The van der Waals surface area contributed by atoms with Gasteiger partial charge in [-0.25, -0.2) is 9.97 Å². The third-order valence-corrected chi connectivity index (χ3v) is 6.35. The minimum atomic E-state index is -0.504. The van der Waals surface area contributed by atoms with E-state index in [9.17, 15) is 15.0 Å². The van der Waals surface area contributed by atoms with Crippen LogP contribution in [0.1, 0.15) is 57.5 Å². The van der Waals surface area contributed by atoms with Crippen LogP contribution in [0.4, 0.5) is 0 Å². The van der Waals surface area contributed by atoms with E-state index < -0.39 is 6.10 Å². The molecule has 0 aromatic carbocycles. The highest BCUT2D eigenvalue weighted by atomic mass is 16.3. The molecule has 1 aromatic heterocycles. The predicted molar refractivity (Wildman–Crippen MR) is 107 cm³/mol. The molecule has 1 saturated carbocycles. The van der Waals surface area contributed by atoms with Crippen LogP contribution in [0.5, 0.6) is 0 Å². The van der Waals surface area contributed by atoms with E-state index in [2.05, 4.69) is 24.1 Å². The standard InChI is InChI=1S/C21H34N4O3/c1-13(2)21-22-7-4-16(24-21)10-17-18(12-26)20(28)11-19(17)23-15-5-8-25(9-6-15)14(3)27/h4,7,13,15,17-20,23,26,28H,5-6,8-12H2,1-3H3/t17-,18-,19-,20-/m1/s1. The highest BCUT2D eigenvalue weighted by Crippen LogP contribution is 2.35. The van der Waals surface area contributed by atoms with Gasteiger partial charge < -0.3 is 20.4 Å². The molecule has 3 rings (SSSR count). The Morgan fingerprint density at radius 3 is 2.64 bits per heavy atom. The average Bonchev–Trinajstić information content (AvgIpc) is 2.96. The van der Waals surface area contributed by atoms with Crippen LogP contribution in [0.25, 0.3) is 0 Å². The van der Waals surface area contributed by atoms with Crippen molar-refractivity contribution in [1.82, 2.24) is 20.2 Å². The summed E-state index contributed by atoms with van der Waals surface area (Å²) in [6, 6.07) is 2.41. The zero-order valence-electron chi connectivity index (χ0n) is 17.2. The van der Waals surface area contributed by atoms with E-state index in [1.807, 2.05) is 11.0 Å². The van der Waals surface area contributed by atoms with Gasteiger partial charge in [0.2, 0.25) is 5.91 Å². The number of nitrogens with zero attached hydrogens (tertiary/aromatic N) is 3. The Morgan fingerprint density at radius 1 is 1.32 bits per heavy atom. The van der Waals surface area contributed by atoms with Gasteiger partial charge in [-0.05, 0) is 37.7 Å². The highest BCUT2D eigenvalue weighted by Gasteiger charge is 2.43. The highest BCUT2D eigenvalue weighted by molar-refractivity contribution is 5.73. The van der Waals surface area contributed by atoms with Crippen molar-refractivity contribution >= 4 is 5.91 Å². The Hall–Kier alpha value is -1.57. The second-order valence-corrected chi connectivity index (χ2v) is 8.63. The van der Waals surface area contributed by atoms with E-state index in [0.717, 1.165) is 37.4 Å². The van der Waals surface area contributed by atoms with E-state index in [-0.39, 0.29) is 36.3 Å². The van der Waals surface area contributed by atoms with Crippen LogP contribution < -0.4 is 5.32 Å². The molecule has 3 N–H and O–H groups in total. The van der Waals surface area contributed by atoms with Crippen molar-refractivity contribution in [3.63, 3.8) is 0 Å². The van der Waals surface area contributed by atoms with E-state index in [1.165, 1.54) is 0 Å². The average molecular weight is 391 g/mol. The predicted octanol–water partition coefficient (Wildman–Crippen LogP) is 1.10. The number of aliphatic hydroxyl groups excluding tert-OH is 2. The van der Waals surface area contributed by atoms with E-state index >= 15 is 0 Å². The number of aliphatic hydroxyl groups is 2. The van der Waals surface area contributed by atoms with Gasteiger partial charge in [0.25, 0.3) is 0 Å². The molecule has 0 unspecified atom stereocenters. The summed E-state index contributed by atoms with van der Waals surface area (Å²) in [6.45, 7) is 7.31.